The summed E-state index contributed by atoms with van der Waals surface area (Å²) in [7, 11) is 0. The van der Waals surface area contributed by atoms with E-state index in [-0.39, 0.29) is 18.2 Å². The van der Waals surface area contributed by atoms with Crippen LogP contribution in [0.2, 0.25) is 0 Å². The standard InChI is InChI=1S/C6H8N2O3/c1-3-8-4(2-11-3)5(9)7-6(8)10/h3-4H,2H2,1H3,(H,7,9,10). The van der Waals surface area contributed by atoms with Gasteiger partial charge in [-0.05, 0) is 6.92 Å². The number of rotatable bonds is 0. The van der Waals surface area contributed by atoms with Crippen molar-refractivity contribution in [1.29, 1.82) is 0 Å². The number of urea groups is 1. The van der Waals surface area contributed by atoms with Crippen molar-refractivity contribution in [1.82, 2.24) is 10.2 Å². The van der Waals surface area contributed by atoms with E-state index in [0.29, 0.717) is 6.61 Å². The first-order chi connectivity index (χ1) is 5.20. The van der Waals surface area contributed by atoms with E-state index in [1.807, 2.05) is 0 Å². The highest BCUT2D eigenvalue weighted by Gasteiger charge is 2.46. The fourth-order valence-electron chi connectivity index (χ4n) is 1.41. The molecule has 5 heteroatoms. The highest BCUT2D eigenvalue weighted by molar-refractivity contribution is 6.04. The first-order valence-electron chi connectivity index (χ1n) is 3.45. The molecule has 1 N–H and O–H groups in total. The topological polar surface area (TPSA) is 58.6 Å². The van der Waals surface area contributed by atoms with E-state index < -0.39 is 6.04 Å². The second kappa shape index (κ2) is 1.94. The fourth-order valence-corrected chi connectivity index (χ4v) is 1.41. The second-order valence-corrected chi connectivity index (χ2v) is 2.65. The Hall–Kier alpha value is -1.10. The predicted molar refractivity (Wildman–Crippen MR) is 34.6 cm³/mol. The summed E-state index contributed by atoms with van der Waals surface area (Å²) in [5, 5.41) is 2.22. The largest absolute Gasteiger partial charge is 0.356 e. The average Bonchev–Trinajstić information content (AvgIpc) is 2.41. The van der Waals surface area contributed by atoms with Crippen LogP contribution < -0.4 is 5.32 Å². The SMILES string of the molecule is CC1OCC2C(=O)NC(=O)N12. The Labute approximate surface area is 63.3 Å². The Morgan fingerprint density at radius 3 is 3.00 bits per heavy atom. The summed E-state index contributed by atoms with van der Waals surface area (Å²) < 4.78 is 5.10. The third-order valence-electron chi connectivity index (χ3n) is 1.99. The molecule has 5 nitrogen and oxygen atoms in total. The number of hydrogen-bond donors (Lipinski definition) is 1. The molecule has 2 aliphatic heterocycles. The van der Waals surface area contributed by atoms with Crippen molar-refractivity contribution in [2.24, 2.45) is 0 Å². The molecule has 60 valence electrons. The molecule has 2 rings (SSSR count). The monoisotopic (exact) mass is 156 g/mol. The number of carbonyl (C=O) groups is 2. The molecule has 0 aromatic carbocycles. The minimum atomic E-state index is -0.391. The van der Waals surface area contributed by atoms with Crippen molar-refractivity contribution >= 4 is 11.9 Å². The smallest absolute Gasteiger partial charge is 0.326 e. The Kier molecular flexibility index (Phi) is 1.17. The lowest BCUT2D eigenvalue weighted by atomic mass is 10.3. The van der Waals surface area contributed by atoms with Gasteiger partial charge < -0.3 is 4.74 Å². The molecule has 0 spiro atoms. The maximum Gasteiger partial charge on any atom is 0.326 e. The van der Waals surface area contributed by atoms with Crippen molar-refractivity contribution in [2.45, 2.75) is 19.2 Å². The molecule has 11 heavy (non-hydrogen) atoms. The molecule has 2 saturated heterocycles. The Morgan fingerprint density at radius 2 is 2.36 bits per heavy atom. The van der Waals surface area contributed by atoms with Crippen LogP contribution in [0.5, 0.6) is 0 Å². The van der Waals surface area contributed by atoms with Crippen molar-refractivity contribution < 1.29 is 14.3 Å². The van der Waals surface area contributed by atoms with Gasteiger partial charge in [0.15, 0.2) is 0 Å². The molecule has 0 aromatic heterocycles. The zero-order valence-corrected chi connectivity index (χ0v) is 6.03. The average molecular weight is 156 g/mol. The van der Waals surface area contributed by atoms with E-state index in [0.717, 1.165) is 0 Å². The Morgan fingerprint density at radius 1 is 1.64 bits per heavy atom. The van der Waals surface area contributed by atoms with Gasteiger partial charge in [0.05, 0.1) is 6.61 Å². The molecule has 0 radical (unpaired) electrons. The van der Waals surface area contributed by atoms with Crippen molar-refractivity contribution in [2.75, 3.05) is 6.61 Å². The molecule has 2 fully saturated rings. The zero-order chi connectivity index (χ0) is 8.01. The fraction of sp³-hybridized carbons (Fsp3) is 0.667. The van der Waals surface area contributed by atoms with Gasteiger partial charge in [0.2, 0.25) is 0 Å². The minimum absolute atomic E-state index is 0.251. The lowest BCUT2D eigenvalue weighted by Crippen LogP contribution is -2.35. The number of ether oxygens (including phenoxy) is 1. The summed E-state index contributed by atoms with van der Waals surface area (Å²) >= 11 is 0. The van der Waals surface area contributed by atoms with Crippen LogP contribution in [0.15, 0.2) is 0 Å². The van der Waals surface area contributed by atoms with E-state index in [9.17, 15) is 9.59 Å². The summed E-state index contributed by atoms with van der Waals surface area (Å²) in [6, 6.07) is -0.734. The lowest BCUT2D eigenvalue weighted by Gasteiger charge is -2.14. The van der Waals surface area contributed by atoms with Crippen molar-refractivity contribution in [3.8, 4) is 0 Å². The van der Waals surface area contributed by atoms with Crippen molar-refractivity contribution in [3.05, 3.63) is 0 Å². The van der Waals surface area contributed by atoms with E-state index >= 15 is 0 Å². The minimum Gasteiger partial charge on any atom is -0.356 e. The van der Waals surface area contributed by atoms with Gasteiger partial charge in [-0.15, -0.1) is 0 Å². The molecule has 0 saturated carbocycles. The second-order valence-electron chi connectivity index (χ2n) is 2.65. The number of imide groups is 1. The van der Waals surface area contributed by atoms with E-state index in [2.05, 4.69) is 5.32 Å². The summed E-state index contributed by atoms with van der Waals surface area (Å²) in [5.74, 6) is -0.251. The van der Waals surface area contributed by atoms with Crippen LogP contribution in [-0.2, 0) is 9.53 Å². The maximum atomic E-state index is 11.0. The van der Waals surface area contributed by atoms with E-state index in [1.165, 1.54) is 4.90 Å². The summed E-state index contributed by atoms with van der Waals surface area (Å²) in [6.45, 7) is 2.07. The van der Waals surface area contributed by atoms with Crippen LogP contribution >= 0.6 is 0 Å². The number of carbonyl (C=O) groups excluding carboxylic acids is 2. The highest BCUT2D eigenvalue weighted by Crippen LogP contribution is 2.20. The lowest BCUT2D eigenvalue weighted by molar-refractivity contribution is -0.120. The molecule has 2 heterocycles. The predicted octanol–water partition coefficient (Wildman–Crippen LogP) is -0.717. The van der Waals surface area contributed by atoms with Gasteiger partial charge in [-0.2, -0.15) is 0 Å². The van der Waals surface area contributed by atoms with Crippen molar-refractivity contribution in [3.63, 3.8) is 0 Å². The first-order valence-corrected chi connectivity index (χ1v) is 3.45. The summed E-state index contributed by atoms with van der Waals surface area (Å²) in [5.41, 5.74) is 0. The van der Waals surface area contributed by atoms with Crippen LogP contribution in [0.1, 0.15) is 6.92 Å². The van der Waals surface area contributed by atoms with Gasteiger partial charge in [-0.1, -0.05) is 0 Å². The molecule has 3 amide bonds. The molecular weight excluding hydrogens is 148 g/mol. The normalized spacial score (nSPS) is 35.9. The highest BCUT2D eigenvalue weighted by atomic mass is 16.5. The van der Waals surface area contributed by atoms with Gasteiger partial charge in [0.1, 0.15) is 12.3 Å². The molecule has 0 bridgehead atoms. The molecule has 2 unspecified atom stereocenters. The maximum absolute atomic E-state index is 11.0. The number of nitrogens with one attached hydrogen (secondary N) is 1. The molecule has 0 aromatic rings. The van der Waals surface area contributed by atoms with Gasteiger partial charge in [-0.25, -0.2) is 4.79 Å². The number of amides is 3. The van der Waals surface area contributed by atoms with E-state index in [1.54, 1.807) is 6.92 Å². The van der Waals surface area contributed by atoms with Crippen LogP contribution in [-0.4, -0.2) is 35.7 Å². The van der Waals surface area contributed by atoms with Crippen LogP contribution in [0.3, 0.4) is 0 Å². The number of nitrogens with zero attached hydrogens (tertiary/aromatic N) is 1. The third kappa shape index (κ3) is 0.742. The van der Waals surface area contributed by atoms with Gasteiger partial charge in [-0.3, -0.25) is 15.0 Å². The number of fused-ring (bicyclic) bond motifs is 1. The molecule has 0 aliphatic carbocycles. The van der Waals surface area contributed by atoms with E-state index in [4.69, 9.17) is 4.74 Å². The molecular formula is C6H8N2O3. The zero-order valence-electron chi connectivity index (χ0n) is 6.03. The van der Waals surface area contributed by atoms with Crippen LogP contribution in [0, 0.1) is 0 Å². The Balaban J connectivity index is 2.28. The summed E-state index contributed by atoms with van der Waals surface area (Å²) in [4.78, 5) is 23.4. The van der Waals surface area contributed by atoms with Crippen LogP contribution in [0.25, 0.3) is 0 Å². The number of hydrogen-bond acceptors (Lipinski definition) is 3. The van der Waals surface area contributed by atoms with Gasteiger partial charge >= 0.3 is 6.03 Å². The Bertz CT molecular complexity index is 228. The third-order valence-corrected chi connectivity index (χ3v) is 1.99. The molecule has 2 aliphatic rings. The van der Waals surface area contributed by atoms with Gasteiger partial charge in [0, 0.05) is 0 Å². The van der Waals surface area contributed by atoms with Gasteiger partial charge in [0.25, 0.3) is 5.91 Å². The quantitative estimate of drug-likeness (QED) is 0.471. The first kappa shape index (κ1) is 6.60. The molecule has 2 atom stereocenters. The summed E-state index contributed by atoms with van der Waals surface area (Å²) in [6.07, 6.45) is -0.272. The van der Waals surface area contributed by atoms with Crippen LogP contribution in [0.4, 0.5) is 4.79 Å².